The van der Waals surface area contributed by atoms with Crippen molar-refractivity contribution in [2.45, 2.75) is 0 Å². The lowest BCUT2D eigenvalue weighted by molar-refractivity contribution is 0.669. The van der Waals surface area contributed by atoms with Crippen LogP contribution in [0.25, 0.3) is 225 Å². The number of hydrogen-bond donors (Lipinski definition) is 0. The second kappa shape index (κ2) is 38.0. The van der Waals surface area contributed by atoms with Gasteiger partial charge in [0.05, 0.1) is 0 Å². The Morgan fingerprint density at radius 2 is 0.400 bits per heavy atom. The molecule has 0 bridgehead atoms. The van der Waals surface area contributed by atoms with Gasteiger partial charge in [0.1, 0.15) is 22.3 Å². The fourth-order valence-electron chi connectivity index (χ4n) is 22.4. The Labute approximate surface area is 879 Å². The molecule has 0 spiro atoms. The molecule has 0 N–H and O–H groups in total. The Hall–Kier alpha value is -18.8. The molecule has 8 heteroatoms. The molecule has 150 heavy (non-hydrogen) atoms. The molecule has 30 aromatic rings. The molecule has 0 radical (unpaired) electrons. The molecular weight excluding hydrogens is 1880 g/mol. The van der Waals surface area contributed by atoms with E-state index in [1.54, 1.807) is 0 Å². The van der Waals surface area contributed by atoms with Gasteiger partial charge in [0.15, 0.2) is 0 Å². The summed E-state index contributed by atoms with van der Waals surface area (Å²) in [4.78, 5) is 7.08. The molecule has 0 unspecified atom stereocenters. The van der Waals surface area contributed by atoms with Crippen LogP contribution in [0.3, 0.4) is 0 Å². The van der Waals surface area contributed by atoms with E-state index in [1.165, 1.54) is 176 Å². The number of hydrogen-bond acceptors (Lipinski definition) is 8. The van der Waals surface area contributed by atoms with Crippen molar-refractivity contribution in [3.8, 4) is 77.9 Å². The van der Waals surface area contributed by atoms with Gasteiger partial charge in [0.2, 0.25) is 0 Å². The average molecular weight is 1970 g/mol. The van der Waals surface area contributed by atoms with Crippen LogP contribution in [0.1, 0.15) is 0 Å². The van der Waals surface area contributed by atoms with Crippen LogP contribution in [0.15, 0.2) is 561 Å². The van der Waals surface area contributed by atoms with E-state index in [2.05, 4.69) is 542 Å². The average Bonchev–Trinajstić information content (AvgIpc) is 1.67. The fraction of sp³-hybridized carbons (Fsp3) is 0. The summed E-state index contributed by atoms with van der Waals surface area (Å²) in [5.41, 5.74) is 30.4. The van der Waals surface area contributed by atoms with E-state index in [0.29, 0.717) is 0 Å². The molecule has 5 aromatic heterocycles. The summed E-state index contributed by atoms with van der Waals surface area (Å²) >= 11 is 5.59. The normalized spacial score (nSPS) is 11.6. The van der Waals surface area contributed by atoms with Gasteiger partial charge in [-0.2, -0.15) is 0 Å². The maximum absolute atomic E-state index is 6.35. The Balaban J connectivity index is 0.000000108. The van der Waals surface area contributed by atoms with E-state index in [1.807, 2.05) is 58.3 Å². The summed E-state index contributed by atoms with van der Waals surface area (Å²) in [5, 5.41) is 22.3. The first-order chi connectivity index (χ1) is 74.3. The van der Waals surface area contributed by atoms with Gasteiger partial charge < -0.3 is 23.5 Å². The molecule has 0 fully saturated rings. The second-order valence-electron chi connectivity index (χ2n) is 38.4. The second-order valence-corrected chi connectivity index (χ2v) is 41.7. The highest BCUT2D eigenvalue weighted by atomic mass is 32.1. The number of thiophene rings is 3. The number of benzene rings is 25. The van der Waals surface area contributed by atoms with E-state index in [-0.39, 0.29) is 0 Å². The molecular formula is C142H91N3O2S3. The van der Waals surface area contributed by atoms with Crippen molar-refractivity contribution < 1.29 is 8.83 Å². The standard InChI is InChI=1S/C50H33NS.C46H29NO2.C46H29NS2/c1-2-11-35(12-3-1)45-31-25-36-14-5-7-17-44(36)50(45)38-23-28-40(29-24-38)51(41-30-32-47-46-18-8-9-20-48(46)52-49(47)33-41)39-26-21-37(22-27-39)43-19-10-15-34-13-4-6-16-42(34)43;2*1-2-10-30(11-3-1)33-26-32-12-4-5-13-37(32)42(27-33)31-18-20-34(21-19-31)47(35-22-24-40-38-14-6-8-16-43(38)48-45(40)28-35)36-23-25-41-39-15-7-9-17-44(39)49-46(41)29-36/h1-33H;2*1-29H. The van der Waals surface area contributed by atoms with E-state index < -0.39 is 0 Å². The van der Waals surface area contributed by atoms with Crippen molar-refractivity contribution >= 4 is 233 Å². The van der Waals surface area contributed by atoms with Crippen LogP contribution in [0.4, 0.5) is 51.2 Å². The Bertz CT molecular complexity index is 9800. The molecule has 0 aliphatic carbocycles. The third kappa shape index (κ3) is 16.4. The zero-order valence-electron chi connectivity index (χ0n) is 81.4. The highest BCUT2D eigenvalue weighted by molar-refractivity contribution is 7.26. The van der Waals surface area contributed by atoms with Crippen LogP contribution in [0.5, 0.6) is 0 Å². The van der Waals surface area contributed by atoms with Gasteiger partial charge in [0, 0.05) is 145 Å². The zero-order chi connectivity index (χ0) is 99.1. The predicted molar refractivity (Wildman–Crippen MR) is 645 cm³/mol. The minimum Gasteiger partial charge on any atom is -0.456 e. The van der Waals surface area contributed by atoms with Gasteiger partial charge in [0.25, 0.3) is 0 Å². The molecule has 25 aromatic carbocycles. The van der Waals surface area contributed by atoms with Crippen LogP contribution < -0.4 is 14.7 Å². The Morgan fingerprint density at radius 3 is 0.813 bits per heavy atom. The third-order valence-electron chi connectivity index (χ3n) is 29.6. The lowest BCUT2D eigenvalue weighted by Crippen LogP contribution is -2.09. The molecule has 30 rings (SSSR count). The summed E-state index contributed by atoms with van der Waals surface area (Å²) in [6, 6.07) is 200. The maximum atomic E-state index is 6.35. The van der Waals surface area contributed by atoms with Crippen molar-refractivity contribution in [2.24, 2.45) is 0 Å². The van der Waals surface area contributed by atoms with Crippen molar-refractivity contribution in [1.29, 1.82) is 0 Å². The van der Waals surface area contributed by atoms with Gasteiger partial charge >= 0.3 is 0 Å². The van der Waals surface area contributed by atoms with Crippen molar-refractivity contribution in [1.82, 2.24) is 0 Å². The molecule has 0 saturated carbocycles. The zero-order valence-corrected chi connectivity index (χ0v) is 83.9. The number of anilines is 9. The summed E-state index contributed by atoms with van der Waals surface area (Å²) in [6.45, 7) is 0. The first kappa shape index (κ1) is 88.9. The van der Waals surface area contributed by atoms with E-state index in [4.69, 9.17) is 8.83 Å². The van der Waals surface area contributed by atoms with Crippen LogP contribution in [-0.2, 0) is 0 Å². The summed E-state index contributed by atoms with van der Waals surface area (Å²) in [7, 11) is 0. The smallest absolute Gasteiger partial charge is 0.137 e. The largest absolute Gasteiger partial charge is 0.456 e. The molecule has 0 atom stereocenters. The highest BCUT2D eigenvalue weighted by Crippen LogP contribution is 2.51. The SMILES string of the molecule is c1ccc(-c2cc(-c3ccc(N(c4ccc5c(c4)oc4ccccc45)c4ccc5c(c4)oc4ccccc45)cc3)c3ccccc3c2)cc1.c1ccc(-c2cc(-c3ccc(N(c4ccc5c(c4)sc4ccccc45)c4ccc5c(c4)sc4ccccc45)cc3)c3ccccc3c2)cc1.c1ccc(-c2ccc3ccccc3c2-c2ccc(N(c3ccc(-c4cccc5ccccc45)cc3)c3ccc4c(c3)sc3ccccc34)cc2)cc1. The van der Waals surface area contributed by atoms with Crippen LogP contribution in [0.2, 0.25) is 0 Å². The molecule has 5 nitrogen and oxygen atoms in total. The highest BCUT2D eigenvalue weighted by Gasteiger charge is 2.25. The molecule has 5 heterocycles. The topological polar surface area (TPSA) is 36.0 Å². The monoisotopic (exact) mass is 1970 g/mol. The van der Waals surface area contributed by atoms with Crippen LogP contribution in [-0.4, -0.2) is 0 Å². The van der Waals surface area contributed by atoms with E-state index >= 15 is 0 Å². The summed E-state index contributed by atoms with van der Waals surface area (Å²) in [5.74, 6) is 0. The van der Waals surface area contributed by atoms with Crippen molar-refractivity contribution in [3.63, 3.8) is 0 Å². The first-order valence-electron chi connectivity index (χ1n) is 50.9. The predicted octanol–water partition coefficient (Wildman–Crippen LogP) is 42.7. The first-order valence-corrected chi connectivity index (χ1v) is 53.4. The molecule has 0 aliphatic heterocycles. The summed E-state index contributed by atoms with van der Waals surface area (Å²) in [6.07, 6.45) is 0. The van der Waals surface area contributed by atoms with Crippen LogP contribution in [0, 0.1) is 0 Å². The van der Waals surface area contributed by atoms with Gasteiger partial charge in [-0.1, -0.05) is 376 Å². The number of fused-ring (bicyclic) bond motifs is 19. The summed E-state index contributed by atoms with van der Waals surface area (Å²) < 4.78 is 20.5. The fourth-order valence-corrected chi connectivity index (χ4v) is 25.8. The van der Waals surface area contributed by atoms with Crippen molar-refractivity contribution in [2.75, 3.05) is 14.7 Å². The Morgan fingerprint density at radius 1 is 0.127 bits per heavy atom. The van der Waals surface area contributed by atoms with Crippen LogP contribution >= 0.6 is 34.0 Å². The molecule has 0 saturated heterocycles. The number of nitrogens with zero attached hydrogens (tertiary/aromatic N) is 3. The molecule has 704 valence electrons. The van der Waals surface area contributed by atoms with Gasteiger partial charge in [-0.3, -0.25) is 0 Å². The Kier molecular flexibility index (Phi) is 22.5. The molecule has 0 aliphatic rings. The quantitative estimate of drug-likeness (QED) is 0.0963. The van der Waals surface area contributed by atoms with Gasteiger partial charge in [-0.25, -0.2) is 0 Å². The maximum Gasteiger partial charge on any atom is 0.137 e. The van der Waals surface area contributed by atoms with Gasteiger partial charge in [-0.15, -0.1) is 34.0 Å². The number of rotatable bonds is 16. The minimum absolute atomic E-state index is 0.856. The van der Waals surface area contributed by atoms with E-state index in [9.17, 15) is 0 Å². The lowest BCUT2D eigenvalue weighted by Gasteiger charge is -2.26. The third-order valence-corrected chi connectivity index (χ3v) is 33.0. The van der Waals surface area contributed by atoms with E-state index in [0.717, 1.165) is 101 Å². The van der Waals surface area contributed by atoms with Crippen molar-refractivity contribution in [3.05, 3.63) is 552 Å². The lowest BCUT2D eigenvalue weighted by atomic mass is 9.89. The molecule has 0 amide bonds. The number of para-hydroxylation sites is 2. The van der Waals surface area contributed by atoms with Gasteiger partial charge in [-0.05, 0) is 285 Å². The number of furan rings is 2. The minimum atomic E-state index is 0.856.